The average molecular weight is 1010 g/mol. The zero-order valence-electron chi connectivity index (χ0n) is 49.2. The molecule has 0 amide bonds. The van der Waals surface area contributed by atoms with Gasteiger partial charge in [0, 0.05) is 19.3 Å². The topological polar surface area (TPSA) is 74.2 Å². The lowest BCUT2D eigenvalue weighted by Crippen LogP contribution is -2.41. The maximum atomic E-state index is 13.0. The van der Waals surface area contributed by atoms with Gasteiger partial charge in [-0.05, 0) is 19.3 Å². The molecule has 1 rings (SSSR count). The van der Waals surface area contributed by atoms with Crippen molar-refractivity contribution in [1.82, 2.24) is 0 Å². The fourth-order valence-electron chi connectivity index (χ4n) is 10.8. The lowest BCUT2D eigenvalue weighted by molar-refractivity contribution is -0.150. The van der Waals surface area contributed by atoms with Gasteiger partial charge in [-0.25, -0.2) is 4.99 Å². The van der Waals surface area contributed by atoms with E-state index >= 15 is 0 Å². The van der Waals surface area contributed by atoms with Gasteiger partial charge in [0.2, 0.25) is 0 Å². The SMILES string of the molecule is CCCCCCCCCCCCCCCCCCCCC(=O)OCC1(COC(=O)CCCCCCCCCCCCCCCCCCCC)COC(CCCCCCCCCCCCCCCCCCC)=N1. The molecule has 0 atom stereocenters. The van der Waals surface area contributed by atoms with E-state index in [1.165, 1.54) is 308 Å². The molecule has 0 saturated heterocycles. The highest BCUT2D eigenvalue weighted by Gasteiger charge is 2.40. The minimum absolute atomic E-state index is 0.111. The molecule has 0 aliphatic carbocycles. The van der Waals surface area contributed by atoms with E-state index in [2.05, 4.69) is 20.8 Å². The van der Waals surface area contributed by atoms with Crippen molar-refractivity contribution < 1.29 is 23.8 Å². The molecule has 1 aliphatic rings. The van der Waals surface area contributed by atoms with Crippen molar-refractivity contribution in [2.24, 2.45) is 4.99 Å². The summed E-state index contributed by atoms with van der Waals surface area (Å²) in [5, 5.41) is 0. The molecule has 72 heavy (non-hydrogen) atoms. The lowest BCUT2D eigenvalue weighted by atomic mass is 10.0. The van der Waals surface area contributed by atoms with Crippen LogP contribution in [0.4, 0.5) is 0 Å². The Hall–Kier alpha value is -1.59. The van der Waals surface area contributed by atoms with Gasteiger partial charge in [-0.1, -0.05) is 342 Å². The summed E-state index contributed by atoms with van der Waals surface area (Å²) in [5.74, 6) is 0.385. The standard InChI is InChI=1S/C66H127NO5/c1-4-7-10-13-16-19-22-25-28-31-34-37-40-43-46-49-52-55-58-64(68)71-61-66(60-70-63(67-66)57-54-51-48-45-42-39-36-33-30-27-24-21-18-15-12-9-6-3)62-72-65(69)59-56-53-50-47-44-41-38-35-32-29-26-23-20-17-14-11-8-5-2/h4-62H2,1-3H3. The first-order chi connectivity index (χ1) is 35.5. The summed E-state index contributed by atoms with van der Waals surface area (Å²) in [4.78, 5) is 30.9. The smallest absolute Gasteiger partial charge is 0.305 e. The van der Waals surface area contributed by atoms with Crippen LogP contribution >= 0.6 is 0 Å². The fraction of sp³-hybridized carbons (Fsp3) is 0.955. The number of esters is 2. The summed E-state index contributed by atoms with van der Waals surface area (Å²) >= 11 is 0. The molecule has 0 radical (unpaired) electrons. The maximum absolute atomic E-state index is 13.0. The van der Waals surface area contributed by atoms with E-state index in [-0.39, 0.29) is 25.2 Å². The van der Waals surface area contributed by atoms with E-state index in [9.17, 15) is 9.59 Å². The van der Waals surface area contributed by atoms with Gasteiger partial charge in [0.1, 0.15) is 19.8 Å². The number of ether oxygens (including phenoxy) is 3. The van der Waals surface area contributed by atoms with Crippen molar-refractivity contribution in [3.8, 4) is 0 Å². The highest BCUT2D eigenvalue weighted by Crippen LogP contribution is 2.25. The molecule has 0 saturated carbocycles. The van der Waals surface area contributed by atoms with Crippen LogP contribution in [0.2, 0.25) is 0 Å². The highest BCUT2D eigenvalue weighted by molar-refractivity contribution is 5.78. The summed E-state index contributed by atoms with van der Waals surface area (Å²) in [5.41, 5.74) is -0.836. The second-order valence-electron chi connectivity index (χ2n) is 23.3. The average Bonchev–Trinajstić information content (AvgIpc) is 3.80. The molecule has 0 N–H and O–H groups in total. The molecular formula is C66H127NO5. The van der Waals surface area contributed by atoms with E-state index in [1.54, 1.807) is 0 Å². The van der Waals surface area contributed by atoms with Gasteiger partial charge in [-0.2, -0.15) is 0 Å². The van der Waals surface area contributed by atoms with Gasteiger partial charge >= 0.3 is 11.9 Å². The predicted molar refractivity (Wildman–Crippen MR) is 314 cm³/mol. The third-order valence-corrected chi connectivity index (χ3v) is 15.8. The van der Waals surface area contributed by atoms with Gasteiger partial charge in [-0.15, -0.1) is 0 Å². The third kappa shape index (κ3) is 48.1. The van der Waals surface area contributed by atoms with E-state index in [4.69, 9.17) is 19.2 Å². The van der Waals surface area contributed by atoms with E-state index in [0.29, 0.717) is 19.4 Å². The van der Waals surface area contributed by atoms with Crippen LogP contribution in [0.1, 0.15) is 380 Å². The number of carbonyl (C=O) groups is 2. The summed E-state index contributed by atoms with van der Waals surface area (Å²) in [6.45, 7) is 7.41. The number of carbonyl (C=O) groups excluding carboxylic acids is 2. The van der Waals surface area contributed by atoms with Crippen LogP contribution in [-0.2, 0) is 23.8 Å². The van der Waals surface area contributed by atoms with Gasteiger partial charge in [0.15, 0.2) is 11.4 Å². The van der Waals surface area contributed by atoms with Crippen LogP contribution in [-0.4, -0.2) is 43.2 Å². The summed E-state index contributed by atoms with van der Waals surface area (Å²) in [6.07, 6.45) is 72.5. The largest absolute Gasteiger partial charge is 0.478 e. The molecule has 0 aromatic heterocycles. The van der Waals surface area contributed by atoms with Gasteiger partial charge in [0.25, 0.3) is 0 Å². The maximum Gasteiger partial charge on any atom is 0.305 e. The molecule has 0 spiro atoms. The number of rotatable bonds is 60. The Morgan fingerprint density at radius 1 is 0.333 bits per heavy atom. The first-order valence-corrected chi connectivity index (χ1v) is 33.1. The Bertz CT molecular complexity index is 1100. The number of hydrogen-bond acceptors (Lipinski definition) is 6. The molecule has 6 nitrogen and oxygen atoms in total. The van der Waals surface area contributed by atoms with Crippen LogP contribution in [0, 0.1) is 0 Å². The minimum Gasteiger partial charge on any atom is -0.478 e. The fourth-order valence-corrected chi connectivity index (χ4v) is 10.8. The normalized spacial score (nSPS) is 13.2. The molecule has 0 unspecified atom stereocenters. The number of aliphatic imine (C=N–C) groups is 1. The lowest BCUT2D eigenvalue weighted by Gasteiger charge is -2.23. The van der Waals surface area contributed by atoms with Crippen LogP contribution in [0.3, 0.4) is 0 Å². The number of hydrogen-bond donors (Lipinski definition) is 0. The van der Waals surface area contributed by atoms with Crippen molar-refractivity contribution in [3.05, 3.63) is 0 Å². The van der Waals surface area contributed by atoms with Crippen molar-refractivity contribution >= 4 is 17.8 Å². The van der Waals surface area contributed by atoms with Crippen LogP contribution in [0.5, 0.6) is 0 Å². The molecule has 0 aromatic rings. The van der Waals surface area contributed by atoms with E-state index < -0.39 is 5.54 Å². The van der Waals surface area contributed by atoms with Crippen molar-refractivity contribution in [2.45, 2.75) is 386 Å². The summed E-state index contributed by atoms with van der Waals surface area (Å²) < 4.78 is 17.9. The summed E-state index contributed by atoms with van der Waals surface area (Å²) in [7, 11) is 0. The first kappa shape index (κ1) is 68.4. The molecular weight excluding hydrogens is 887 g/mol. The monoisotopic (exact) mass is 1010 g/mol. The third-order valence-electron chi connectivity index (χ3n) is 15.8. The van der Waals surface area contributed by atoms with E-state index in [1.807, 2.05) is 0 Å². The minimum atomic E-state index is -0.836. The Labute approximate surface area is 450 Å². The Morgan fingerprint density at radius 2 is 0.542 bits per heavy atom. The zero-order chi connectivity index (χ0) is 51.8. The van der Waals surface area contributed by atoms with Crippen molar-refractivity contribution in [1.29, 1.82) is 0 Å². The zero-order valence-corrected chi connectivity index (χ0v) is 49.2. The predicted octanol–water partition coefficient (Wildman–Crippen LogP) is 22.1. The Morgan fingerprint density at radius 3 is 0.778 bits per heavy atom. The molecule has 6 heteroatoms. The molecule has 0 fully saturated rings. The number of unbranched alkanes of at least 4 members (excludes halogenated alkanes) is 50. The van der Waals surface area contributed by atoms with Gasteiger partial charge < -0.3 is 14.2 Å². The summed E-state index contributed by atoms with van der Waals surface area (Å²) in [6, 6.07) is 0. The van der Waals surface area contributed by atoms with Crippen LogP contribution in [0.25, 0.3) is 0 Å². The van der Waals surface area contributed by atoms with E-state index in [0.717, 1.165) is 44.4 Å². The Kier molecular flexibility index (Phi) is 52.9. The Balaban J connectivity index is 2.30. The molecule has 0 bridgehead atoms. The molecule has 0 aromatic carbocycles. The molecule has 426 valence electrons. The van der Waals surface area contributed by atoms with Gasteiger partial charge in [0.05, 0.1) is 0 Å². The highest BCUT2D eigenvalue weighted by atomic mass is 16.6. The second kappa shape index (κ2) is 55.6. The molecule has 1 aliphatic heterocycles. The van der Waals surface area contributed by atoms with Crippen molar-refractivity contribution in [2.75, 3.05) is 19.8 Å². The van der Waals surface area contributed by atoms with Crippen molar-refractivity contribution in [3.63, 3.8) is 0 Å². The first-order valence-electron chi connectivity index (χ1n) is 33.1. The van der Waals surface area contributed by atoms with Crippen LogP contribution in [0.15, 0.2) is 4.99 Å². The number of nitrogens with zero attached hydrogens (tertiary/aromatic N) is 1. The quantitative estimate of drug-likeness (QED) is 0.0448. The second-order valence-corrected chi connectivity index (χ2v) is 23.3. The van der Waals surface area contributed by atoms with Gasteiger partial charge in [-0.3, -0.25) is 9.59 Å². The van der Waals surface area contributed by atoms with Crippen LogP contribution < -0.4 is 0 Å². The molecule has 1 heterocycles.